The molecule has 3 rings (SSSR count). The van der Waals surface area contributed by atoms with Gasteiger partial charge in [-0.1, -0.05) is 23.8 Å². The molecule has 0 radical (unpaired) electrons. The van der Waals surface area contributed by atoms with E-state index in [0.29, 0.717) is 6.54 Å². The Morgan fingerprint density at radius 2 is 2.00 bits per heavy atom. The van der Waals surface area contributed by atoms with E-state index in [1.54, 1.807) is 30.3 Å². The van der Waals surface area contributed by atoms with E-state index in [0.717, 1.165) is 24.1 Å². The number of hydrogen-bond acceptors (Lipinski definition) is 3. The quantitative estimate of drug-likeness (QED) is 0.896. The van der Waals surface area contributed by atoms with Crippen LogP contribution in [-0.2, 0) is 24.2 Å². The van der Waals surface area contributed by atoms with Crippen LogP contribution in [0.3, 0.4) is 0 Å². The summed E-state index contributed by atoms with van der Waals surface area (Å²) >= 11 is 1.58. The average molecular weight is 371 g/mol. The van der Waals surface area contributed by atoms with Gasteiger partial charge in [0.15, 0.2) is 0 Å². The molecule has 0 spiro atoms. The van der Waals surface area contributed by atoms with Crippen LogP contribution in [0.1, 0.15) is 43.2 Å². The summed E-state index contributed by atoms with van der Waals surface area (Å²) in [6.45, 7) is 4.71. The molecule has 1 atom stereocenters. The van der Waals surface area contributed by atoms with Crippen molar-refractivity contribution in [1.82, 2.24) is 10.2 Å². The minimum atomic E-state index is -0.00970. The maximum atomic E-state index is 12.6. The SMILES string of the molecule is Cc1ccc(C)c(CNC(=O)[C@H]2CCc3sc(C(=O)N(C)C)cc3C2)c1. The number of benzene rings is 1. The van der Waals surface area contributed by atoms with Crippen molar-refractivity contribution in [2.45, 2.75) is 39.7 Å². The fourth-order valence-electron chi connectivity index (χ4n) is 3.39. The number of carbonyl (C=O) groups excluding carboxylic acids is 2. The Hall–Kier alpha value is -2.14. The number of rotatable bonds is 4. The molecular weight excluding hydrogens is 344 g/mol. The van der Waals surface area contributed by atoms with Gasteiger partial charge in [-0.05, 0) is 55.9 Å². The Balaban J connectivity index is 1.64. The molecule has 1 aliphatic carbocycles. The van der Waals surface area contributed by atoms with Crippen molar-refractivity contribution < 1.29 is 9.59 Å². The lowest BCUT2D eigenvalue weighted by Crippen LogP contribution is -2.33. The summed E-state index contributed by atoms with van der Waals surface area (Å²) < 4.78 is 0. The molecule has 1 aromatic carbocycles. The van der Waals surface area contributed by atoms with Crippen LogP contribution < -0.4 is 5.32 Å². The topological polar surface area (TPSA) is 49.4 Å². The van der Waals surface area contributed by atoms with Crippen LogP contribution in [0.25, 0.3) is 0 Å². The minimum Gasteiger partial charge on any atom is -0.352 e. The highest BCUT2D eigenvalue weighted by molar-refractivity contribution is 7.14. The standard InChI is InChI=1S/C21H26N2O2S/c1-13-5-6-14(2)17(9-13)12-22-20(24)15-7-8-18-16(10-15)11-19(26-18)21(25)23(3)4/h5-6,9,11,15H,7-8,10,12H2,1-4H3,(H,22,24)/t15-/m0/s1. The molecule has 2 aromatic rings. The van der Waals surface area contributed by atoms with Crippen LogP contribution in [0.4, 0.5) is 0 Å². The first kappa shape index (κ1) is 18.6. The fourth-order valence-corrected chi connectivity index (χ4v) is 4.62. The summed E-state index contributed by atoms with van der Waals surface area (Å²) in [5, 5.41) is 3.10. The molecule has 26 heavy (non-hydrogen) atoms. The molecule has 1 aliphatic rings. The fraction of sp³-hybridized carbons (Fsp3) is 0.429. The highest BCUT2D eigenvalue weighted by Crippen LogP contribution is 2.33. The van der Waals surface area contributed by atoms with Crippen LogP contribution in [0.15, 0.2) is 24.3 Å². The van der Waals surface area contributed by atoms with Gasteiger partial charge in [0.25, 0.3) is 5.91 Å². The molecule has 138 valence electrons. The second-order valence-corrected chi connectivity index (χ2v) is 8.48. The molecule has 1 heterocycles. The second kappa shape index (κ2) is 7.62. The van der Waals surface area contributed by atoms with Crippen molar-refractivity contribution in [3.05, 3.63) is 56.3 Å². The molecule has 4 nitrogen and oxygen atoms in total. The number of carbonyl (C=O) groups is 2. The van der Waals surface area contributed by atoms with Gasteiger partial charge in [-0.2, -0.15) is 0 Å². The van der Waals surface area contributed by atoms with Crippen molar-refractivity contribution in [3.63, 3.8) is 0 Å². The minimum absolute atomic E-state index is 0.00970. The summed E-state index contributed by atoms with van der Waals surface area (Å²) in [6, 6.07) is 8.30. The zero-order valence-electron chi connectivity index (χ0n) is 15.9. The third-order valence-electron chi connectivity index (χ3n) is 5.03. The lowest BCUT2D eigenvalue weighted by molar-refractivity contribution is -0.125. The van der Waals surface area contributed by atoms with E-state index in [1.807, 2.05) is 6.07 Å². The van der Waals surface area contributed by atoms with Gasteiger partial charge in [-0.25, -0.2) is 0 Å². The summed E-state index contributed by atoms with van der Waals surface area (Å²) in [5.74, 6) is 0.146. The third kappa shape index (κ3) is 3.98. The zero-order valence-corrected chi connectivity index (χ0v) is 16.7. The van der Waals surface area contributed by atoms with Crippen LogP contribution in [0, 0.1) is 19.8 Å². The Bertz CT molecular complexity index is 839. The molecular formula is C21H26N2O2S. The maximum absolute atomic E-state index is 12.6. The van der Waals surface area contributed by atoms with Crippen molar-refractivity contribution in [2.24, 2.45) is 5.92 Å². The van der Waals surface area contributed by atoms with E-state index in [4.69, 9.17) is 0 Å². The first-order chi connectivity index (χ1) is 12.3. The van der Waals surface area contributed by atoms with Gasteiger partial charge in [-0.3, -0.25) is 9.59 Å². The largest absolute Gasteiger partial charge is 0.352 e. The summed E-state index contributed by atoms with van der Waals surface area (Å²) in [4.78, 5) is 28.4. The predicted molar refractivity (Wildman–Crippen MR) is 106 cm³/mol. The van der Waals surface area contributed by atoms with Gasteiger partial charge >= 0.3 is 0 Å². The Morgan fingerprint density at radius 3 is 2.73 bits per heavy atom. The molecule has 0 unspecified atom stereocenters. The average Bonchev–Trinajstić information content (AvgIpc) is 3.04. The zero-order chi connectivity index (χ0) is 18.8. The molecule has 0 fully saturated rings. The molecule has 2 amide bonds. The van der Waals surface area contributed by atoms with Gasteiger partial charge in [0.2, 0.25) is 5.91 Å². The predicted octanol–water partition coefficient (Wildman–Crippen LogP) is 3.49. The number of amides is 2. The van der Waals surface area contributed by atoms with E-state index in [9.17, 15) is 9.59 Å². The first-order valence-corrected chi connectivity index (χ1v) is 9.84. The van der Waals surface area contributed by atoms with Gasteiger partial charge in [0.1, 0.15) is 0 Å². The first-order valence-electron chi connectivity index (χ1n) is 9.02. The number of nitrogens with zero attached hydrogens (tertiary/aromatic N) is 1. The number of aryl methyl sites for hydroxylation is 3. The number of nitrogens with one attached hydrogen (secondary N) is 1. The summed E-state index contributed by atoms with van der Waals surface area (Å²) in [7, 11) is 3.54. The number of thiophene rings is 1. The number of hydrogen-bond donors (Lipinski definition) is 1. The summed E-state index contributed by atoms with van der Waals surface area (Å²) in [6.07, 6.45) is 2.45. The van der Waals surface area contributed by atoms with E-state index < -0.39 is 0 Å². The monoisotopic (exact) mass is 370 g/mol. The molecule has 5 heteroatoms. The lowest BCUT2D eigenvalue weighted by atomic mass is 9.87. The maximum Gasteiger partial charge on any atom is 0.263 e. The number of fused-ring (bicyclic) bond motifs is 1. The van der Waals surface area contributed by atoms with Crippen LogP contribution >= 0.6 is 11.3 Å². The third-order valence-corrected chi connectivity index (χ3v) is 6.25. The van der Waals surface area contributed by atoms with Crippen LogP contribution in [0.2, 0.25) is 0 Å². The van der Waals surface area contributed by atoms with Gasteiger partial charge in [0.05, 0.1) is 4.88 Å². The Labute approximate surface area is 159 Å². The van der Waals surface area contributed by atoms with E-state index in [1.165, 1.54) is 27.1 Å². The van der Waals surface area contributed by atoms with Gasteiger partial charge in [-0.15, -0.1) is 11.3 Å². The van der Waals surface area contributed by atoms with Crippen molar-refractivity contribution in [3.8, 4) is 0 Å². The van der Waals surface area contributed by atoms with Gasteiger partial charge < -0.3 is 10.2 Å². The van der Waals surface area contributed by atoms with Gasteiger partial charge in [0, 0.05) is 31.4 Å². The molecule has 0 saturated carbocycles. The normalized spacial score (nSPS) is 16.1. The highest BCUT2D eigenvalue weighted by atomic mass is 32.1. The molecule has 0 bridgehead atoms. The van der Waals surface area contributed by atoms with Crippen LogP contribution in [0.5, 0.6) is 0 Å². The molecule has 0 aliphatic heterocycles. The molecule has 1 aromatic heterocycles. The van der Waals surface area contributed by atoms with Crippen molar-refractivity contribution in [2.75, 3.05) is 14.1 Å². The van der Waals surface area contributed by atoms with Crippen molar-refractivity contribution in [1.29, 1.82) is 0 Å². The Kier molecular flexibility index (Phi) is 5.47. The van der Waals surface area contributed by atoms with Crippen LogP contribution in [-0.4, -0.2) is 30.8 Å². The smallest absolute Gasteiger partial charge is 0.263 e. The van der Waals surface area contributed by atoms with Crippen molar-refractivity contribution >= 4 is 23.2 Å². The Morgan fingerprint density at radius 1 is 1.23 bits per heavy atom. The molecule has 1 N–H and O–H groups in total. The molecule has 0 saturated heterocycles. The summed E-state index contributed by atoms with van der Waals surface area (Å²) in [5.41, 5.74) is 4.74. The lowest BCUT2D eigenvalue weighted by Gasteiger charge is -2.21. The van der Waals surface area contributed by atoms with E-state index in [2.05, 4.69) is 37.4 Å². The second-order valence-electron chi connectivity index (χ2n) is 7.35. The van der Waals surface area contributed by atoms with E-state index >= 15 is 0 Å². The van der Waals surface area contributed by atoms with E-state index in [-0.39, 0.29) is 17.7 Å². The highest BCUT2D eigenvalue weighted by Gasteiger charge is 2.27.